The first kappa shape index (κ1) is 37.8. The number of hydrogen-bond acceptors (Lipinski definition) is 10. The fourth-order valence-corrected chi connectivity index (χ4v) is 8.90. The van der Waals surface area contributed by atoms with Crippen molar-refractivity contribution in [2.24, 2.45) is 11.8 Å². The van der Waals surface area contributed by atoms with Crippen LogP contribution in [0.2, 0.25) is 0 Å². The topological polar surface area (TPSA) is 104 Å². The Morgan fingerprint density at radius 1 is 0.980 bits per heavy atom. The van der Waals surface area contributed by atoms with Crippen molar-refractivity contribution < 1.29 is 18.7 Å². The summed E-state index contributed by atoms with van der Waals surface area (Å²) in [6, 6.07) is 9.53. The number of nitrogens with zero attached hydrogens (tertiary/aromatic N) is 5. The Balaban J connectivity index is 0.903. The van der Waals surface area contributed by atoms with Gasteiger partial charge in [-0.1, -0.05) is 56.4 Å². The Kier molecular flexibility index (Phi) is 11.8. The standard InChI is InChI=1S/C39H56N6O4S2/c1-38(2,3)31-22-40-32(48-31)25-50-33-23-41-36(51-33)42-35(46)29-14-20-45(21-15-29)30-16-18-44(19-17-30)24-26-8-10-27(11-9-26)34(28-12-13-28)43(7)37(47)49-39(4,5)6/h8-11,22-23,28-30,34H,12-21,24-25H2,1-7H3,(H,41,42,46). The number of piperidine rings is 2. The summed E-state index contributed by atoms with van der Waals surface area (Å²) in [4.78, 5) is 41.8. The molecule has 2 amide bonds. The quantitative estimate of drug-likeness (QED) is 0.195. The van der Waals surface area contributed by atoms with E-state index in [1.54, 1.807) is 16.7 Å². The van der Waals surface area contributed by atoms with E-state index in [1.165, 1.54) is 22.5 Å². The van der Waals surface area contributed by atoms with E-state index in [9.17, 15) is 9.59 Å². The van der Waals surface area contributed by atoms with Crippen molar-refractivity contribution in [3.8, 4) is 0 Å². The minimum absolute atomic E-state index is 0.0240. The SMILES string of the molecule is CN(C(=O)OC(C)(C)C)C(c1ccc(CN2CCC(N3CCC(C(=O)Nc4ncc(SCc5ncc(C(C)(C)C)o5)s4)CC3)CC2)cc1)C1CC1. The minimum atomic E-state index is -0.505. The molecule has 1 atom stereocenters. The number of anilines is 1. The molecule has 2 saturated heterocycles. The lowest BCUT2D eigenvalue weighted by molar-refractivity contribution is -0.121. The fraction of sp³-hybridized carbons (Fsp3) is 0.641. The van der Waals surface area contributed by atoms with Gasteiger partial charge in [-0.3, -0.25) is 9.69 Å². The van der Waals surface area contributed by atoms with Crippen LogP contribution < -0.4 is 5.32 Å². The van der Waals surface area contributed by atoms with E-state index in [-0.39, 0.29) is 29.4 Å². The molecule has 3 aliphatic rings. The summed E-state index contributed by atoms with van der Waals surface area (Å²) in [7, 11) is 1.87. The number of carbonyl (C=O) groups is 2. The van der Waals surface area contributed by atoms with E-state index in [0.29, 0.717) is 28.7 Å². The molecule has 2 aliphatic heterocycles. The number of oxazole rings is 1. The second kappa shape index (κ2) is 16.0. The highest BCUT2D eigenvalue weighted by atomic mass is 32.2. The van der Waals surface area contributed by atoms with Gasteiger partial charge in [0.05, 0.1) is 28.4 Å². The van der Waals surface area contributed by atoms with Crippen molar-refractivity contribution in [3.63, 3.8) is 0 Å². The summed E-state index contributed by atoms with van der Waals surface area (Å²) in [6.07, 6.45) is 9.76. The molecule has 1 aromatic carbocycles. The van der Waals surface area contributed by atoms with E-state index in [1.807, 2.05) is 40.2 Å². The second-order valence-electron chi connectivity index (χ2n) is 16.6. The minimum Gasteiger partial charge on any atom is -0.444 e. The van der Waals surface area contributed by atoms with Crippen LogP contribution in [-0.2, 0) is 27.2 Å². The van der Waals surface area contributed by atoms with Gasteiger partial charge in [-0.05, 0) is 103 Å². The molecule has 2 aromatic heterocycles. The van der Waals surface area contributed by atoms with Crippen molar-refractivity contribution in [1.82, 2.24) is 24.7 Å². The molecule has 278 valence electrons. The lowest BCUT2D eigenvalue weighted by atomic mass is 9.92. The number of aromatic nitrogens is 2. The largest absolute Gasteiger partial charge is 0.444 e. The van der Waals surface area contributed by atoms with Crippen LogP contribution in [0.5, 0.6) is 0 Å². The van der Waals surface area contributed by atoms with Gasteiger partial charge in [0.1, 0.15) is 11.4 Å². The number of likely N-dealkylation sites (tertiary alicyclic amines) is 2. The fourth-order valence-electron chi connectivity index (χ4n) is 7.17. The van der Waals surface area contributed by atoms with Crippen LogP contribution in [0.25, 0.3) is 0 Å². The molecule has 4 heterocycles. The van der Waals surface area contributed by atoms with Crippen molar-refractivity contribution in [1.29, 1.82) is 0 Å². The first-order valence-electron chi connectivity index (χ1n) is 18.6. The highest BCUT2D eigenvalue weighted by molar-refractivity contribution is 8.00. The van der Waals surface area contributed by atoms with Crippen LogP contribution in [-0.4, -0.2) is 81.5 Å². The third kappa shape index (κ3) is 10.4. The van der Waals surface area contributed by atoms with Gasteiger partial charge in [-0.25, -0.2) is 14.8 Å². The number of carbonyl (C=O) groups excluding carboxylic acids is 2. The molecule has 3 fully saturated rings. The van der Waals surface area contributed by atoms with E-state index in [2.05, 4.69) is 70.1 Å². The molecule has 1 saturated carbocycles. The summed E-state index contributed by atoms with van der Waals surface area (Å²) in [5.41, 5.74) is 1.93. The van der Waals surface area contributed by atoms with Gasteiger partial charge in [0.25, 0.3) is 0 Å². The molecule has 0 spiro atoms. The normalized spacial score (nSPS) is 19.2. The summed E-state index contributed by atoms with van der Waals surface area (Å²) in [6.45, 7) is 17.1. The third-order valence-corrected chi connectivity index (χ3v) is 12.3. The summed E-state index contributed by atoms with van der Waals surface area (Å²) >= 11 is 3.13. The Bertz CT molecular complexity index is 1610. The zero-order valence-corrected chi connectivity index (χ0v) is 33.1. The van der Waals surface area contributed by atoms with Crippen molar-refractivity contribution in [2.75, 3.05) is 38.5 Å². The van der Waals surface area contributed by atoms with Crippen LogP contribution >= 0.6 is 23.1 Å². The second-order valence-corrected chi connectivity index (χ2v) is 18.9. The van der Waals surface area contributed by atoms with Crippen LogP contribution in [0.1, 0.15) is 109 Å². The average Bonchev–Trinajstić information content (AvgIpc) is 3.60. The summed E-state index contributed by atoms with van der Waals surface area (Å²) in [5.74, 6) is 2.83. The van der Waals surface area contributed by atoms with E-state index >= 15 is 0 Å². The smallest absolute Gasteiger partial charge is 0.410 e. The number of thiazole rings is 1. The third-order valence-electron chi connectivity index (χ3n) is 10.2. The Labute approximate surface area is 312 Å². The molecule has 1 aliphatic carbocycles. The predicted molar refractivity (Wildman–Crippen MR) is 204 cm³/mol. The van der Waals surface area contributed by atoms with Crippen molar-refractivity contribution in [3.05, 3.63) is 59.4 Å². The lowest BCUT2D eigenvalue weighted by Crippen LogP contribution is -2.48. The first-order valence-corrected chi connectivity index (χ1v) is 20.4. The number of rotatable bonds is 11. The summed E-state index contributed by atoms with van der Waals surface area (Å²) in [5, 5.41) is 3.74. The average molecular weight is 737 g/mol. The maximum absolute atomic E-state index is 13.1. The molecule has 10 nitrogen and oxygen atoms in total. The van der Waals surface area contributed by atoms with Gasteiger partial charge in [-0.2, -0.15) is 0 Å². The van der Waals surface area contributed by atoms with Gasteiger partial charge in [0, 0.05) is 31.0 Å². The van der Waals surface area contributed by atoms with Crippen molar-refractivity contribution in [2.45, 2.75) is 120 Å². The molecule has 1 N–H and O–H groups in total. The van der Waals surface area contributed by atoms with E-state index < -0.39 is 5.60 Å². The molecule has 3 aromatic rings. The van der Waals surface area contributed by atoms with Crippen LogP contribution in [0.3, 0.4) is 0 Å². The van der Waals surface area contributed by atoms with Crippen LogP contribution in [0.4, 0.5) is 9.93 Å². The molecule has 0 radical (unpaired) electrons. The van der Waals surface area contributed by atoms with Gasteiger partial charge < -0.3 is 24.3 Å². The number of hydrogen-bond donors (Lipinski definition) is 1. The maximum Gasteiger partial charge on any atom is 0.410 e. The highest BCUT2D eigenvalue weighted by Crippen LogP contribution is 2.44. The zero-order chi connectivity index (χ0) is 36.3. The highest BCUT2D eigenvalue weighted by Gasteiger charge is 2.38. The van der Waals surface area contributed by atoms with E-state index in [4.69, 9.17) is 9.15 Å². The first-order chi connectivity index (χ1) is 24.2. The zero-order valence-electron chi connectivity index (χ0n) is 31.4. The van der Waals surface area contributed by atoms with Crippen LogP contribution in [0, 0.1) is 11.8 Å². The predicted octanol–water partition coefficient (Wildman–Crippen LogP) is 8.35. The number of ether oxygens (including phenoxy) is 1. The molecule has 12 heteroatoms. The lowest BCUT2D eigenvalue weighted by Gasteiger charge is -2.41. The van der Waals surface area contributed by atoms with Gasteiger partial charge in [0.2, 0.25) is 11.8 Å². The molecular weight excluding hydrogens is 681 g/mol. The van der Waals surface area contributed by atoms with Crippen LogP contribution in [0.15, 0.2) is 45.3 Å². The molecule has 51 heavy (non-hydrogen) atoms. The number of benzene rings is 1. The summed E-state index contributed by atoms with van der Waals surface area (Å²) < 4.78 is 12.6. The monoisotopic (exact) mass is 736 g/mol. The Morgan fingerprint density at radius 3 is 2.27 bits per heavy atom. The van der Waals surface area contributed by atoms with Gasteiger partial charge in [0.15, 0.2) is 5.13 Å². The van der Waals surface area contributed by atoms with Crippen molar-refractivity contribution >= 4 is 40.2 Å². The Hall–Kier alpha value is -2.93. The van der Waals surface area contributed by atoms with E-state index in [0.717, 1.165) is 81.2 Å². The maximum atomic E-state index is 13.1. The van der Waals surface area contributed by atoms with Gasteiger partial charge >= 0.3 is 6.09 Å². The number of nitrogens with one attached hydrogen (secondary N) is 1. The van der Waals surface area contributed by atoms with Gasteiger partial charge in [-0.15, -0.1) is 11.8 Å². The molecular formula is C39H56N6O4S2. The molecule has 6 rings (SSSR count). The molecule has 1 unspecified atom stereocenters. The number of thioether (sulfide) groups is 1. The number of amides is 2. The molecule has 0 bridgehead atoms. The Morgan fingerprint density at radius 2 is 1.67 bits per heavy atom.